The second-order valence-corrected chi connectivity index (χ2v) is 14.5. The third kappa shape index (κ3) is 9.23. The number of halogens is 2. The molecule has 7 N–H and O–H groups in total. The largest absolute Gasteiger partial charge is 0.506 e. The summed E-state index contributed by atoms with van der Waals surface area (Å²) < 4.78 is 12.9. The number of hydrogen-bond donors (Lipinski definition) is 6. The molecule has 4 aromatic carbocycles. The van der Waals surface area contributed by atoms with Crippen LogP contribution in [0.1, 0.15) is 61.3 Å². The zero-order valence-corrected chi connectivity index (χ0v) is 32.1. The number of hydrogen-bond acceptors (Lipinski definition) is 9. The number of nitrogens with zero attached hydrogens (tertiary/aromatic N) is 2. The van der Waals surface area contributed by atoms with E-state index in [-0.39, 0.29) is 44.9 Å². The van der Waals surface area contributed by atoms with Gasteiger partial charge in [-0.05, 0) is 85.9 Å². The Balaban J connectivity index is 0.00000320. The van der Waals surface area contributed by atoms with E-state index in [0.717, 1.165) is 41.5 Å². The maximum atomic E-state index is 13.1. The maximum absolute atomic E-state index is 13.1. The number of phenols is 1. The van der Waals surface area contributed by atoms with Gasteiger partial charge in [0.05, 0.1) is 29.9 Å². The minimum Gasteiger partial charge on any atom is -0.506 e. The Morgan fingerprint density at radius 2 is 1.76 bits per heavy atom. The number of aromatic amines is 1. The Kier molecular flexibility index (Phi) is 14.1. The number of carboxylic acid groups (broad SMARTS) is 1. The molecule has 0 radical (unpaired) electrons. The van der Waals surface area contributed by atoms with Crippen LogP contribution in [0, 0.1) is 0 Å². The SMILES string of the molecule is COc1cc2c(cc1CNC[C@@H](O)c1ccc(O)c3[nH]c(=O)ccc13)oc(=O)n2CCCCc1ccc(-c2ccccc2)c(N(C(=O)O)C2CCC(N)CC2)c1.F.F. The average molecular weight is 802 g/mol. The molecule has 7 rings (SSSR count). The number of aliphatic hydroxyl groups is 1. The Labute approximate surface area is 332 Å². The highest BCUT2D eigenvalue weighted by atomic mass is 19.0. The van der Waals surface area contributed by atoms with Crippen LogP contribution in [-0.4, -0.2) is 56.7 Å². The maximum Gasteiger partial charge on any atom is 0.419 e. The molecule has 1 atom stereocenters. The third-order valence-corrected chi connectivity index (χ3v) is 10.8. The van der Waals surface area contributed by atoms with Gasteiger partial charge in [-0.15, -0.1) is 0 Å². The number of fused-ring (bicyclic) bond motifs is 2. The van der Waals surface area contributed by atoms with E-state index in [2.05, 4.69) is 16.4 Å². The van der Waals surface area contributed by atoms with Gasteiger partial charge in [0.15, 0.2) is 5.58 Å². The van der Waals surface area contributed by atoms with E-state index < -0.39 is 18.0 Å². The summed E-state index contributed by atoms with van der Waals surface area (Å²) in [5.74, 6) is -0.00421. The summed E-state index contributed by atoms with van der Waals surface area (Å²) in [6, 6.07) is 25.4. The van der Waals surface area contributed by atoms with Gasteiger partial charge in [-0.2, -0.15) is 0 Å². The fourth-order valence-corrected chi connectivity index (χ4v) is 7.88. The Bertz CT molecular complexity index is 2460. The summed E-state index contributed by atoms with van der Waals surface area (Å²) in [5, 5.41) is 35.4. The second kappa shape index (κ2) is 18.9. The second-order valence-electron chi connectivity index (χ2n) is 14.5. The van der Waals surface area contributed by atoms with E-state index in [1.165, 1.54) is 17.0 Å². The molecule has 1 amide bonds. The number of nitrogens with two attached hydrogens (primary N) is 1. The lowest BCUT2D eigenvalue weighted by atomic mass is 9.89. The van der Waals surface area contributed by atoms with Crippen LogP contribution in [0.4, 0.5) is 19.9 Å². The van der Waals surface area contributed by atoms with Gasteiger partial charge in [0.2, 0.25) is 5.56 Å². The van der Waals surface area contributed by atoms with Crippen LogP contribution in [0.3, 0.4) is 0 Å². The number of unbranched alkanes of at least 4 members (excludes halogenated alkanes) is 1. The number of aliphatic hydroxyl groups excluding tert-OH is 1. The van der Waals surface area contributed by atoms with Crippen molar-refractivity contribution in [3.63, 3.8) is 0 Å². The standard InChI is InChI=1S/C43H47N5O8.2FH/c1-55-38-23-35-39(22-28(38)24-45-25-37(50)32-16-18-36(49)41-33(32)17-19-40(51)46-41)56-43(54)47(35)20-6-5-7-26-10-15-31(27-8-3-2-4-9-27)34(21-26)48(42(52)53)30-13-11-29(44)12-14-30;;/h2-4,8-10,15-19,21-23,29-30,37,45,49-50H,5-7,11-14,20,24-25,44H2,1H3,(H,46,51)(H,52,53);2*1H/t29?,30?,37-;;/m1../s1. The van der Waals surface area contributed by atoms with Crippen LogP contribution < -0.4 is 32.0 Å². The van der Waals surface area contributed by atoms with Crippen molar-refractivity contribution in [3.8, 4) is 22.6 Å². The number of anilines is 1. The molecule has 0 aliphatic heterocycles. The lowest BCUT2D eigenvalue weighted by Crippen LogP contribution is -2.44. The van der Waals surface area contributed by atoms with E-state index in [4.69, 9.17) is 14.9 Å². The zero-order chi connectivity index (χ0) is 39.3. The molecule has 0 unspecified atom stereocenters. The molecule has 6 aromatic rings. The number of aromatic nitrogens is 2. The molecule has 13 nitrogen and oxygen atoms in total. The predicted octanol–water partition coefficient (Wildman–Crippen LogP) is 6.72. The monoisotopic (exact) mass is 801 g/mol. The summed E-state index contributed by atoms with van der Waals surface area (Å²) in [4.78, 5) is 41.8. The number of aromatic hydroxyl groups is 1. The number of nitrogens with one attached hydrogen (secondary N) is 2. The predicted molar refractivity (Wildman–Crippen MR) is 220 cm³/mol. The molecule has 1 saturated carbocycles. The van der Waals surface area contributed by atoms with Gasteiger partial charge in [-0.1, -0.05) is 48.5 Å². The van der Waals surface area contributed by atoms with Crippen molar-refractivity contribution in [1.82, 2.24) is 14.9 Å². The van der Waals surface area contributed by atoms with E-state index in [1.54, 1.807) is 35.9 Å². The fourth-order valence-electron chi connectivity index (χ4n) is 7.88. The lowest BCUT2D eigenvalue weighted by molar-refractivity contribution is 0.175. The summed E-state index contributed by atoms with van der Waals surface area (Å²) in [6.45, 7) is 0.880. The van der Waals surface area contributed by atoms with Crippen molar-refractivity contribution in [2.45, 2.75) is 76.2 Å². The van der Waals surface area contributed by atoms with Crippen molar-refractivity contribution in [2.75, 3.05) is 18.6 Å². The number of benzene rings is 4. The number of amides is 1. The van der Waals surface area contributed by atoms with E-state index >= 15 is 0 Å². The number of carbonyl (C=O) groups is 1. The van der Waals surface area contributed by atoms with Crippen LogP contribution in [-0.2, 0) is 19.5 Å². The van der Waals surface area contributed by atoms with Gasteiger partial charge in [0.1, 0.15) is 11.5 Å². The molecule has 1 aliphatic rings. The van der Waals surface area contributed by atoms with Crippen molar-refractivity contribution < 1.29 is 38.7 Å². The summed E-state index contributed by atoms with van der Waals surface area (Å²) in [7, 11) is 1.55. The molecule has 2 heterocycles. The van der Waals surface area contributed by atoms with Gasteiger partial charge < -0.3 is 40.5 Å². The highest BCUT2D eigenvalue weighted by Gasteiger charge is 2.31. The Hall–Kier alpha value is -6.03. The summed E-state index contributed by atoms with van der Waals surface area (Å²) >= 11 is 0. The van der Waals surface area contributed by atoms with Crippen molar-refractivity contribution >= 4 is 33.8 Å². The molecule has 58 heavy (non-hydrogen) atoms. The number of aryl methyl sites for hydroxylation is 2. The minimum atomic E-state index is -0.972. The van der Waals surface area contributed by atoms with E-state index in [9.17, 15) is 29.7 Å². The van der Waals surface area contributed by atoms with Crippen LogP contribution in [0.2, 0.25) is 0 Å². The zero-order valence-electron chi connectivity index (χ0n) is 32.1. The first-order chi connectivity index (χ1) is 27.1. The van der Waals surface area contributed by atoms with Crippen molar-refractivity contribution in [3.05, 3.63) is 123 Å². The molecular weight excluding hydrogens is 752 g/mol. The molecule has 0 spiro atoms. The Morgan fingerprint density at radius 1 is 1.00 bits per heavy atom. The number of methoxy groups -OCH3 is 1. The highest BCUT2D eigenvalue weighted by molar-refractivity contribution is 5.94. The van der Waals surface area contributed by atoms with Gasteiger partial charge in [-0.3, -0.25) is 23.7 Å². The first-order valence-corrected chi connectivity index (χ1v) is 19.0. The highest BCUT2D eigenvalue weighted by Crippen LogP contribution is 2.37. The molecule has 1 aliphatic carbocycles. The third-order valence-electron chi connectivity index (χ3n) is 10.8. The van der Waals surface area contributed by atoms with E-state index in [0.29, 0.717) is 72.3 Å². The topological polar surface area (TPSA) is 196 Å². The fraction of sp³-hybridized carbons (Fsp3) is 0.326. The Morgan fingerprint density at radius 3 is 2.48 bits per heavy atom. The van der Waals surface area contributed by atoms with Gasteiger partial charge in [0.25, 0.3) is 0 Å². The quantitative estimate of drug-likeness (QED) is 0.0644. The number of ether oxygens (including phenoxy) is 1. The molecule has 0 bridgehead atoms. The van der Waals surface area contributed by atoms with Crippen LogP contribution in [0.25, 0.3) is 33.1 Å². The van der Waals surface area contributed by atoms with Gasteiger partial charge >= 0.3 is 11.8 Å². The number of oxazole rings is 1. The van der Waals surface area contributed by atoms with Crippen molar-refractivity contribution in [2.24, 2.45) is 5.73 Å². The molecular formula is C43H49F2N5O8. The average Bonchev–Trinajstić information content (AvgIpc) is 3.50. The number of rotatable bonds is 14. The van der Waals surface area contributed by atoms with Crippen LogP contribution >= 0.6 is 0 Å². The minimum absolute atomic E-state index is 0. The normalized spacial score (nSPS) is 15.7. The molecule has 15 heteroatoms. The van der Waals surface area contributed by atoms with Gasteiger partial charge in [0, 0.05) is 60.4 Å². The van der Waals surface area contributed by atoms with Crippen molar-refractivity contribution in [1.29, 1.82) is 0 Å². The van der Waals surface area contributed by atoms with Crippen LogP contribution in [0.15, 0.2) is 98.9 Å². The molecule has 0 saturated heterocycles. The number of H-pyrrole nitrogens is 1. The molecule has 308 valence electrons. The van der Waals surface area contributed by atoms with E-state index in [1.807, 2.05) is 42.5 Å². The first-order valence-electron chi connectivity index (χ1n) is 19.0. The number of phenolic OH excluding ortho intramolecular Hbond substituents is 1. The summed E-state index contributed by atoms with van der Waals surface area (Å²) in [6.07, 6.45) is 3.22. The number of pyridine rings is 1. The molecule has 2 aromatic heterocycles. The smallest absolute Gasteiger partial charge is 0.419 e. The first kappa shape index (κ1) is 43.1. The van der Waals surface area contributed by atoms with Crippen LogP contribution in [0.5, 0.6) is 11.5 Å². The molecule has 1 fully saturated rings. The lowest BCUT2D eigenvalue weighted by Gasteiger charge is -2.35. The summed E-state index contributed by atoms with van der Waals surface area (Å²) in [5.41, 5.74) is 11.9. The van der Waals surface area contributed by atoms with Gasteiger partial charge in [-0.25, -0.2) is 9.59 Å².